The van der Waals surface area contributed by atoms with Crippen molar-refractivity contribution in [2.45, 2.75) is 26.4 Å². The van der Waals surface area contributed by atoms with E-state index in [9.17, 15) is 22.8 Å². The zero-order chi connectivity index (χ0) is 27.9. The van der Waals surface area contributed by atoms with Crippen LogP contribution < -0.4 is 19.3 Å². The van der Waals surface area contributed by atoms with Gasteiger partial charge in [-0.15, -0.1) is 0 Å². The molecular weight excluding hydrogens is 513 g/mol. The van der Waals surface area contributed by atoms with Crippen molar-refractivity contribution in [1.82, 2.24) is 9.97 Å². The molecule has 0 bridgehead atoms. The van der Waals surface area contributed by atoms with E-state index in [4.69, 9.17) is 9.47 Å². The number of halogens is 3. The van der Waals surface area contributed by atoms with Crippen molar-refractivity contribution in [2.75, 3.05) is 23.5 Å². The number of alkyl halides is 3. The fourth-order valence-electron chi connectivity index (χ4n) is 4.61. The summed E-state index contributed by atoms with van der Waals surface area (Å²) in [5.41, 5.74) is 1.43. The predicted octanol–water partition coefficient (Wildman–Crippen LogP) is 6.29. The Morgan fingerprint density at radius 2 is 1.82 bits per heavy atom. The van der Waals surface area contributed by atoms with Crippen LogP contribution in [0.4, 0.5) is 29.3 Å². The molecule has 1 aliphatic heterocycles. The first-order chi connectivity index (χ1) is 18.6. The number of anilines is 2. The third-order valence-electron chi connectivity index (χ3n) is 6.59. The Bertz CT molecular complexity index is 1610. The molecule has 200 valence electrons. The number of carbonyl (C=O) groups excluding carboxylic acids is 2. The molecule has 0 spiro atoms. The topological polar surface area (TPSA) is 84.9 Å². The maximum absolute atomic E-state index is 13.3. The van der Waals surface area contributed by atoms with Gasteiger partial charge < -0.3 is 9.47 Å². The molecule has 0 aliphatic carbocycles. The third kappa shape index (κ3) is 4.71. The second kappa shape index (κ2) is 9.90. The van der Waals surface area contributed by atoms with Gasteiger partial charge in [-0.25, -0.2) is 19.7 Å². The molecule has 3 amide bonds. The number of fused-ring (bicyclic) bond motifs is 1. The number of aromatic nitrogens is 2. The highest BCUT2D eigenvalue weighted by atomic mass is 19.4. The summed E-state index contributed by atoms with van der Waals surface area (Å²) in [6, 6.07) is 12.2. The first-order valence-corrected chi connectivity index (χ1v) is 12.0. The van der Waals surface area contributed by atoms with Crippen molar-refractivity contribution in [3.05, 3.63) is 77.6 Å². The van der Waals surface area contributed by atoms with Gasteiger partial charge in [0.25, 0.3) is 5.91 Å². The minimum Gasteiger partial charge on any atom is -0.497 e. The van der Waals surface area contributed by atoms with Gasteiger partial charge in [-0.2, -0.15) is 13.2 Å². The molecule has 2 heterocycles. The van der Waals surface area contributed by atoms with E-state index in [1.807, 2.05) is 6.92 Å². The van der Waals surface area contributed by atoms with Gasteiger partial charge in [-0.3, -0.25) is 9.69 Å². The first kappa shape index (κ1) is 26.0. The van der Waals surface area contributed by atoms with Crippen molar-refractivity contribution >= 4 is 34.2 Å². The number of rotatable bonds is 6. The number of carbonyl (C=O) groups is 2. The van der Waals surface area contributed by atoms with Gasteiger partial charge in [-0.1, -0.05) is 13.0 Å². The zero-order valence-corrected chi connectivity index (χ0v) is 21.2. The summed E-state index contributed by atoms with van der Waals surface area (Å²) >= 11 is 0. The summed E-state index contributed by atoms with van der Waals surface area (Å²) in [5, 5.41) is 0.670. The van der Waals surface area contributed by atoms with Crippen LogP contribution in [0.1, 0.15) is 23.6 Å². The zero-order valence-electron chi connectivity index (χ0n) is 21.2. The Balaban J connectivity index is 1.48. The first-order valence-electron chi connectivity index (χ1n) is 12.0. The number of imide groups is 1. The van der Waals surface area contributed by atoms with Crippen molar-refractivity contribution in [1.29, 1.82) is 0 Å². The molecule has 3 aromatic carbocycles. The van der Waals surface area contributed by atoms with Crippen LogP contribution in [0.5, 0.6) is 17.4 Å². The summed E-state index contributed by atoms with van der Waals surface area (Å²) in [6.45, 7) is 3.29. The molecule has 0 saturated carbocycles. The molecule has 1 aliphatic rings. The van der Waals surface area contributed by atoms with Gasteiger partial charge in [0.2, 0.25) is 5.88 Å². The molecule has 0 radical (unpaired) electrons. The number of nitrogens with zero attached hydrogens (tertiary/aromatic N) is 4. The number of methoxy groups -OCH3 is 1. The highest BCUT2D eigenvalue weighted by Gasteiger charge is 2.40. The van der Waals surface area contributed by atoms with Crippen molar-refractivity contribution in [2.24, 2.45) is 0 Å². The Kier molecular flexibility index (Phi) is 6.59. The minimum absolute atomic E-state index is 0.00809. The number of benzene rings is 3. The van der Waals surface area contributed by atoms with E-state index in [2.05, 4.69) is 9.97 Å². The molecule has 0 atom stereocenters. The minimum atomic E-state index is -4.58. The standard InChI is InChI=1S/C28H23F3N4O4/c1-4-20-16(2)23(10-11-24(20)39-26-21-9-8-19(38-3)13-22(21)32-15-33-26)35-25(36)14-34(27(35)37)18-7-5-6-17(12-18)28(29,30)31/h5-13,15H,4,14H2,1-3H3. The lowest BCUT2D eigenvalue weighted by Crippen LogP contribution is -2.33. The van der Waals surface area contributed by atoms with Crippen molar-refractivity contribution in [3.63, 3.8) is 0 Å². The van der Waals surface area contributed by atoms with Gasteiger partial charge in [-0.05, 0) is 66.9 Å². The summed E-state index contributed by atoms with van der Waals surface area (Å²) in [4.78, 5) is 36.8. The van der Waals surface area contributed by atoms with Crippen LogP contribution in [0.3, 0.4) is 0 Å². The summed E-state index contributed by atoms with van der Waals surface area (Å²) < 4.78 is 51.1. The smallest absolute Gasteiger partial charge is 0.416 e. The lowest BCUT2D eigenvalue weighted by atomic mass is 10.0. The summed E-state index contributed by atoms with van der Waals surface area (Å²) in [6.07, 6.45) is -2.68. The van der Waals surface area contributed by atoms with Crippen LogP contribution in [0, 0.1) is 6.92 Å². The van der Waals surface area contributed by atoms with Crippen LogP contribution in [-0.2, 0) is 17.4 Å². The van der Waals surface area contributed by atoms with Crippen LogP contribution in [0.15, 0.2) is 60.9 Å². The quantitative estimate of drug-likeness (QED) is 0.269. The molecule has 1 saturated heterocycles. The molecule has 8 nitrogen and oxygen atoms in total. The highest BCUT2D eigenvalue weighted by Crippen LogP contribution is 2.38. The van der Waals surface area contributed by atoms with Gasteiger partial charge in [0.1, 0.15) is 24.4 Å². The Morgan fingerprint density at radius 1 is 1.03 bits per heavy atom. The van der Waals surface area contributed by atoms with Crippen LogP contribution >= 0.6 is 0 Å². The van der Waals surface area contributed by atoms with Gasteiger partial charge in [0, 0.05) is 11.8 Å². The van der Waals surface area contributed by atoms with Gasteiger partial charge in [0.15, 0.2) is 0 Å². The second-order valence-electron chi connectivity index (χ2n) is 8.85. The fourth-order valence-corrected chi connectivity index (χ4v) is 4.61. The molecule has 5 rings (SSSR count). The second-order valence-corrected chi connectivity index (χ2v) is 8.85. The predicted molar refractivity (Wildman–Crippen MR) is 138 cm³/mol. The molecule has 39 heavy (non-hydrogen) atoms. The lowest BCUT2D eigenvalue weighted by molar-refractivity contribution is -0.137. The fraction of sp³-hybridized carbons (Fsp3) is 0.214. The number of hydrogen-bond donors (Lipinski definition) is 0. The Hall–Kier alpha value is -4.67. The van der Waals surface area contributed by atoms with E-state index in [-0.39, 0.29) is 12.2 Å². The van der Waals surface area contributed by atoms with E-state index in [0.717, 1.165) is 27.5 Å². The van der Waals surface area contributed by atoms with Crippen molar-refractivity contribution < 1.29 is 32.2 Å². The largest absolute Gasteiger partial charge is 0.497 e. The van der Waals surface area contributed by atoms with Crippen LogP contribution in [0.2, 0.25) is 0 Å². The average molecular weight is 537 g/mol. The molecular formula is C28H23F3N4O4. The van der Waals surface area contributed by atoms with Gasteiger partial charge >= 0.3 is 12.2 Å². The molecule has 1 aromatic heterocycles. The maximum atomic E-state index is 13.3. The normalized spacial score (nSPS) is 13.9. The van der Waals surface area contributed by atoms with E-state index in [1.165, 1.54) is 18.5 Å². The van der Waals surface area contributed by atoms with Crippen LogP contribution in [-0.4, -0.2) is 35.6 Å². The Labute approximate surface area is 221 Å². The maximum Gasteiger partial charge on any atom is 0.416 e. The molecule has 1 fully saturated rings. The summed E-state index contributed by atoms with van der Waals surface area (Å²) in [5.74, 6) is 0.907. The van der Waals surface area contributed by atoms with E-state index >= 15 is 0 Å². The summed E-state index contributed by atoms with van der Waals surface area (Å²) in [7, 11) is 1.56. The lowest BCUT2D eigenvalue weighted by Gasteiger charge is -2.22. The third-order valence-corrected chi connectivity index (χ3v) is 6.59. The van der Waals surface area contributed by atoms with Crippen molar-refractivity contribution in [3.8, 4) is 17.4 Å². The number of urea groups is 1. The van der Waals surface area contributed by atoms with E-state index in [0.29, 0.717) is 46.0 Å². The molecule has 0 unspecified atom stereocenters. The average Bonchev–Trinajstić information content (AvgIpc) is 3.22. The molecule has 4 aromatic rings. The number of amides is 3. The SMILES string of the molecule is CCc1c(Oc2ncnc3cc(OC)ccc23)ccc(N2C(=O)CN(c3cccc(C(F)(F)F)c3)C2=O)c1C. The van der Waals surface area contributed by atoms with Crippen LogP contribution in [0.25, 0.3) is 10.9 Å². The Morgan fingerprint density at radius 3 is 2.54 bits per heavy atom. The van der Waals surface area contributed by atoms with Gasteiger partial charge in [0.05, 0.1) is 29.3 Å². The van der Waals surface area contributed by atoms with E-state index in [1.54, 1.807) is 44.4 Å². The number of hydrogen-bond acceptors (Lipinski definition) is 6. The number of ether oxygens (including phenoxy) is 2. The molecule has 11 heteroatoms. The molecule has 0 N–H and O–H groups in total. The van der Waals surface area contributed by atoms with E-state index < -0.39 is 23.7 Å². The monoisotopic (exact) mass is 536 g/mol. The highest BCUT2D eigenvalue weighted by molar-refractivity contribution is 6.27.